The van der Waals surface area contributed by atoms with Crippen molar-refractivity contribution in [3.8, 4) is 0 Å². The number of rotatable bonds is 4. The van der Waals surface area contributed by atoms with Crippen LogP contribution in [0.2, 0.25) is 0 Å². The van der Waals surface area contributed by atoms with Crippen molar-refractivity contribution in [1.29, 1.82) is 0 Å². The number of nitrogens with zero attached hydrogens (tertiary/aromatic N) is 2. The second-order valence-corrected chi connectivity index (χ2v) is 5.36. The van der Waals surface area contributed by atoms with Gasteiger partial charge in [-0.25, -0.2) is 4.79 Å². The van der Waals surface area contributed by atoms with Gasteiger partial charge in [0.15, 0.2) is 5.69 Å². The van der Waals surface area contributed by atoms with E-state index in [-0.39, 0.29) is 6.54 Å². The van der Waals surface area contributed by atoms with Crippen molar-refractivity contribution in [2.24, 2.45) is 0 Å². The Labute approximate surface area is 122 Å². The predicted molar refractivity (Wildman–Crippen MR) is 69.6 cm³/mol. The van der Waals surface area contributed by atoms with E-state index < -0.39 is 12.1 Å². The second kappa shape index (κ2) is 6.55. The van der Waals surface area contributed by atoms with Crippen molar-refractivity contribution in [3.63, 3.8) is 0 Å². The number of nitrogens with one attached hydrogen (secondary N) is 1. The van der Waals surface area contributed by atoms with Gasteiger partial charge < -0.3 is 4.84 Å². The lowest BCUT2D eigenvalue weighted by Gasteiger charge is -2.00. The largest absolute Gasteiger partial charge is 0.625 e. The monoisotopic (exact) mass is 315 g/mol. The smallest absolute Gasteiger partial charge is 0.329 e. The molecule has 0 radical (unpaired) electrons. The van der Waals surface area contributed by atoms with E-state index in [0.29, 0.717) is 0 Å². The molecule has 0 spiro atoms. The minimum atomic E-state index is -0.670. The quantitative estimate of drug-likeness (QED) is 0.662. The van der Waals surface area contributed by atoms with E-state index in [1.807, 2.05) is 17.9 Å². The molecule has 2 aromatic heterocycles. The van der Waals surface area contributed by atoms with Crippen molar-refractivity contribution in [3.05, 3.63) is 33.2 Å². The molecule has 0 bridgehead atoms. The molecule has 0 fully saturated rings. The number of aromatic nitrogens is 2. The molecule has 20 heavy (non-hydrogen) atoms. The molecule has 0 aliphatic heterocycles. The van der Waals surface area contributed by atoms with E-state index >= 15 is 0 Å². The Kier molecular flexibility index (Phi) is 4.77. The average molecular weight is 315 g/mol. The molecule has 9 heteroatoms. The summed E-state index contributed by atoms with van der Waals surface area (Å²) in [5.74, 6) is -0.559. The molecule has 0 atom stereocenters. The third-order valence-electron chi connectivity index (χ3n) is 2.45. The van der Waals surface area contributed by atoms with Crippen molar-refractivity contribution < 1.29 is 28.4 Å². The van der Waals surface area contributed by atoms with Crippen LogP contribution in [-0.4, -0.2) is 12.1 Å². The van der Waals surface area contributed by atoms with E-state index in [2.05, 4.69) is 9.68 Å². The molecule has 2 heterocycles. The topological polar surface area (TPSA) is 72.4 Å². The van der Waals surface area contributed by atoms with Crippen LogP contribution in [-0.2, 0) is 21.0 Å². The minimum absolute atomic E-state index is 0.0461. The first-order chi connectivity index (χ1) is 9.58. The number of thiazole rings is 2. The van der Waals surface area contributed by atoms with E-state index in [4.69, 9.17) is 0 Å². The van der Waals surface area contributed by atoms with Gasteiger partial charge in [0.05, 0.1) is 10.8 Å². The zero-order valence-corrected chi connectivity index (χ0v) is 12.5. The van der Waals surface area contributed by atoms with Crippen molar-refractivity contribution >= 4 is 34.7 Å². The van der Waals surface area contributed by atoms with E-state index in [0.717, 1.165) is 11.4 Å². The maximum Gasteiger partial charge on any atom is 0.625 e. The number of carbonyl (C=O) groups excluding carboxylic acids is 2. The molecule has 0 saturated heterocycles. The summed E-state index contributed by atoms with van der Waals surface area (Å²) in [6.45, 7) is 3.69. The lowest BCUT2D eigenvalue weighted by molar-refractivity contribution is -0.687. The number of aryl methyl sites for hydroxylation is 2. The van der Waals surface area contributed by atoms with Gasteiger partial charge in [0.25, 0.3) is 0 Å². The van der Waals surface area contributed by atoms with Gasteiger partial charge >= 0.3 is 12.1 Å². The molecule has 106 valence electrons. The number of carbonyl (C=O) groups is 2. The van der Waals surface area contributed by atoms with Crippen LogP contribution >= 0.6 is 22.7 Å². The van der Waals surface area contributed by atoms with E-state index in [9.17, 15) is 9.59 Å². The highest BCUT2D eigenvalue weighted by molar-refractivity contribution is 7.07. The second-order valence-electron chi connectivity index (χ2n) is 3.92. The zero-order valence-electron chi connectivity index (χ0n) is 10.9. The van der Waals surface area contributed by atoms with Crippen molar-refractivity contribution in [1.82, 2.24) is 5.64 Å². The summed E-state index contributed by atoms with van der Waals surface area (Å²) in [5, 5.41) is 3.71. The van der Waals surface area contributed by atoms with Crippen LogP contribution in [0.1, 0.15) is 11.4 Å². The summed E-state index contributed by atoms with van der Waals surface area (Å²) < 4.78 is 3.03. The fourth-order valence-electron chi connectivity index (χ4n) is 1.36. The molecule has 0 unspecified atom stereocenters. The zero-order chi connectivity index (χ0) is 14.5. The lowest BCUT2D eigenvalue weighted by Crippen LogP contribution is -2.47. The lowest BCUT2D eigenvalue weighted by atomic mass is 10.5. The highest BCUT2D eigenvalue weighted by Gasteiger charge is 2.22. The van der Waals surface area contributed by atoms with Gasteiger partial charge in [-0.3, -0.25) is 4.84 Å². The van der Waals surface area contributed by atoms with Gasteiger partial charge in [0, 0.05) is 19.5 Å². The van der Waals surface area contributed by atoms with Crippen LogP contribution < -0.4 is 14.8 Å². The molecular weight excluding hydrogens is 302 g/mol. The first-order valence-electron chi connectivity index (χ1n) is 5.60. The number of hydrogen-bond donors (Lipinski definition) is 1. The molecule has 1 N–H and O–H groups in total. The molecule has 7 nitrogen and oxygen atoms in total. The Morgan fingerprint density at radius 3 is 2.45 bits per heavy atom. The molecule has 0 amide bonds. The van der Waals surface area contributed by atoms with Crippen LogP contribution in [0.15, 0.2) is 21.8 Å². The van der Waals surface area contributed by atoms with Crippen LogP contribution in [0.25, 0.3) is 0 Å². The third-order valence-corrected chi connectivity index (χ3v) is 4.11. The van der Waals surface area contributed by atoms with Crippen LogP contribution in [0.4, 0.5) is 4.79 Å². The maximum atomic E-state index is 11.6. The molecule has 2 rings (SSSR count). The Bertz CT molecular complexity index is 623. The van der Waals surface area contributed by atoms with E-state index in [1.165, 1.54) is 27.2 Å². The Hall–Kier alpha value is -1.84. The normalized spacial score (nSPS) is 10.3. The van der Waals surface area contributed by atoms with Gasteiger partial charge in [-0.2, -0.15) is 9.36 Å². The summed E-state index contributed by atoms with van der Waals surface area (Å²) >= 11 is 2.85. The van der Waals surface area contributed by atoms with Gasteiger partial charge in [0.1, 0.15) is 0 Å². The summed E-state index contributed by atoms with van der Waals surface area (Å²) in [6.07, 6.45) is -0.670. The van der Waals surface area contributed by atoms with Crippen molar-refractivity contribution in [2.75, 3.05) is 0 Å². The summed E-state index contributed by atoms with van der Waals surface area (Å²) in [4.78, 5) is 32.3. The number of hydrogen-bond acceptors (Lipinski definition) is 7. The van der Waals surface area contributed by atoms with Gasteiger partial charge in [-0.15, -0.1) is 0 Å². The van der Waals surface area contributed by atoms with Crippen molar-refractivity contribution in [2.45, 2.75) is 20.4 Å². The standard InChI is InChI=1S/C11H13N3O4S2/c1-8-4-19-6-13(8)3-10(15)17-12-18-11(16)14-7-20-5-9(14)2/h4-7,12H,3H2,1-2H3/q+2. The predicted octanol–water partition coefficient (Wildman–Crippen LogP) is 0.649. The highest BCUT2D eigenvalue weighted by atomic mass is 32.1. The minimum Gasteiger partial charge on any atom is -0.329 e. The fourth-order valence-corrected chi connectivity index (χ4v) is 2.88. The van der Waals surface area contributed by atoms with Crippen LogP contribution in [0.5, 0.6) is 0 Å². The van der Waals surface area contributed by atoms with Crippen LogP contribution in [0, 0.1) is 13.8 Å². The first kappa shape index (κ1) is 14.6. The molecular formula is C11H13N3O4S2+2. The Morgan fingerprint density at radius 1 is 1.15 bits per heavy atom. The highest BCUT2D eigenvalue weighted by Crippen LogP contribution is 1.97. The average Bonchev–Trinajstić information content (AvgIpc) is 2.99. The molecule has 0 aliphatic carbocycles. The SMILES string of the molecule is Cc1csc[n+]1CC(=O)ONOC(=O)[n+]1cscc1C. The Balaban J connectivity index is 1.76. The Morgan fingerprint density at radius 2 is 1.85 bits per heavy atom. The van der Waals surface area contributed by atoms with E-state index in [1.54, 1.807) is 27.9 Å². The van der Waals surface area contributed by atoms with Gasteiger partial charge in [-0.1, -0.05) is 27.2 Å². The van der Waals surface area contributed by atoms with Gasteiger partial charge in [0.2, 0.25) is 23.3 Å². The summed E-state index contributed by atoms with van der Waals surface area (Å²) in [5.41, 5.74) is 6.98. The fraction of sp³-hybridized carbons (Fsp3) is 0.273. The molecule has 0 aromatic carbocycles. The summed E-state index contributed by atoms with van der Waals surface area (Å²) in [7, 11) is 0. The molecule has 0 aliphatic rings. The molecule has 0 saturated carbocycles. The molecule has 2 aromatic rings. The first-order valence-corrected chi connectivity index (χ1v) is 7.49. The third kappa shape index (κ3) is 3.59. The van der Waals surface area contributed by atoms with Crippen LogP contribution in [0.3, 0.4) is 0 Å². The summed E-state index contributed by atoms with van der Waals surface area (Å²) in [6, 6.07) is 0. The maximum absolute atomic E-state index is 11.6. The van der Waals surface area contributed by atoms with Gasteiger partial charge in [-0.05, 0) is 0 Å².